The number of rotatable bonds is 5. The van der Waals surface area contributed by atoms with Gasteiger partial charge < -0.3 is 4.42 Å². The zero-order chi connectivity index (χ0) is 21.9. The topological polar surface area (TPSA) is 72.5 Å². The Hall–Kier alpha value is -2.83. The van der Waals surface area contributed by atoms with Crippen molar-refractivity contribution in [2.75, 3.05) is 38.0 Å². The van der Waals surface area contributed by atoms with E-state index in [2.05, 4.69) is 10.2 Å². The first-order valence-electron chi connectivity index (χ1n) is 9.58. The molecule has 9 heteroatoms. The predicted molar refractivity (Wildman–Crippen MR) is 105 cm³/mol. The smallest absolute Gasteiger partial charge is 0.416 e. The van der Waals surface area contributed by atoms with Crippen molar-refractivity contribution >= 4 is 11.8 Å². The maximum absolute atomic E-state index is 12.9. The Morgan fingerprint density at radius 1 is 1.20 bits per heavy atom. The van der Waals surface area contributed by atoms with Gasteiger partial charge in [-0.05, 0) is 25.5 Å². The van der Waals surface area contributed by atoms with E-state index in [1.54, 1.807) is 19.9 Å². The van der Waals surface area contributed by atoms with E-state index in [0.29, 0.717) is 55.2 Å². The van der Waals surface area contributed by atoms with Gasteiger partial charge in [0.05, 0.1) is 12.1 Å². The second-order valence-corrected chi connectivity index (χ2v) is 7.40. The zero-order valence-corrected chi connectivity index (χ0v) is 16.8. The van der Waals surface area contributed by atoms with Gasteiger partial charge >= 0.3 is 6.18 Å². The molecule has 30 heavy (non-hydrogen) atoms. The summed E-state index contributed by atoms with van der Waals surface area (Å²) in [6.07, 6.45) is -4.35. The van der Waals surface area contributed by atoms with Gasteiger partial charge in [0.1, 0.15) is 17.4 Å². The minimum atomic E-state index is -4.35. The molecule has 1 aliphatic heterocycles. The van der Waals surface area contributed by atoms with Gasteiger partial charge in [0.25, 0.3) is 0 Å². The van der Waals surface area contributed by atoms with Crippen molar-refractivity contribution in [2.24, 2.45) is 0 Å². The molecule has 1 N–H and O–H groups in total. The number of piperazine rings is 1. The molecule has 3 rings (SSSR count). The number of nitrogens with zero attached hydrogens (tertiary/aromatic N) is 3. The highest BCUT2D eigenvalue weighted by molar-refractivity contribution is 5.92. The van der Waals surface area contributed by atoms with Gasteiger partial charge in [0, 0.05) is 38.3 Å². The van der Waals surface area contributed by atoms with Crippen LogP contribution in [0, 0.1) is 25.2 Å². The summed E-state index contributed by atoms with van der Waals surface area (Å²) in [6, 6.07) is 7.40. The van der Waals surface area contributed by atoms with Crippen molar-refractivity contribution in [1.82, 2.24) is 9.80 Å². The Kier molecular flexibility index (Phi) is 6.48. The van der Waals surface area contributed by atoms with Crippen LogP contribution in [0.5, 0.6) is 0 Å². The summed E-state index contributed by atoms with van der Waals surface area (Å²) < 4.78 is 44.0. The normalized spacial score (nSPS) is 15.7. The fourth-order valence-corrected chi connectivity index (χ4v) is 3.43. The van der Waals surface area contributed by atoms with Crippen LogP contribution >= 0.6 is 0 Å². The number of aryl methyl sites for hydroxylation is 1. The number of hydrogen-bond donors (Lipinski definition) is 1. The molecule has 0 radical (unpaired) electrons. The van der Waals surface area contributed by atoms with Crippen molar-refractivity contribution in [3.8, 4) is 6.07 Å². The first kappa shape index (κ1) is 21.9. The lowest BCUT2D eigenvalue weighted by Crippen LogP contribution is -2.48. The Morgan fingerprint density at radius 2 is 1.87 bits per heavy atom. The van der Waals surface area contributed by atoms with E-state index in [1.807, 2.05) is 11.0 Å². The second kappa shape index (κ2) is 8.90. The third-order valence-corrected chi connectivity index (χ3v) is 5.24. The van der Waals surface area contributed by atoms with Crippen LogP contribution in [-0.4, -0.2) is 48.4 Å². The molecule has 0 unspecified atom stereocenters. The minimum Gasteiger partial charge on any atom is -0.444 e. The van der Waals surface area contributed by atoms with Crippen molar-refractivity contribution in [3.05, 3.63) is 52.3 Å². The van der Waals surface area contributed by atoms with Gasteiger partial charge in [-0.15, -0.1) is 0 Å². The highest BCUT2D eigenvalue weighted by Crippen LogP contribution is 2.30. The Bertz CT molecular complexity index is 954. The van der Waals surface area contributed by atoms with E-state index >= 15 is 0 Å². The number of amides is 1. The second-order valence-electron chi connectivity index (χ2n) is 7.40. The highest BCUT2D eigenvalue weighted by Gasteiger charge is 2.30. The molecule has 1 amide bonds. The molecule has 2 aromatic rings. The lowest BCUT2D eigenvalue weighted by atomic mass is 10.1. The highest BCUT2D eigenvalue weighted by atomic mass is 19.4. The van der Waals surface area contributed by atoms with E-state index in [-0.39, 0.29) is 18.3 Å². The predicted octanol–water partition coefficient (Wildman–Crippen LogP) is 3.54. The van der Waals surface area contributed by atoms with Crippen LogP contribution in [0.15, 0.2) is 28.7 Å². The zero-order valence-electron chi connectivity index (χ0n) is 16.8. The van der Waals surface area contributed by atoms with Crippen molar-refractivity contribution in [3.63, 3.8) is 0 Å². The first-order chi connectivity index (χ1) is 14.2. The van der Waals surface area contributed by atoms with Gasteiger partial charge in [0.15, 0.2) is 0 Å². The van der Waals surface area contributed by atoms with Crippen LogP contribution in [0.1, 0.15) is 28.0 Å². The van der Waals surface area contributed by atoms with Gasteiger partial charge in [0.2, 0.25) is 11.8 Å². The Labute approximate surface area is 172 Å². The van der Waals surface area contributed by atoms with Crippen LogP contribution in [0.25, 0.3) is 0 Å². The van der Waals surface area contributed by atoms with Gasteiger partial charge in [-0.25, -0.2) is 0 Å². The van der Waals surface area contributed by atoms with Crippen LogP contribution < -0.4 is 5.32 Å². The molecule has 1 saturated heterocycles. The maximum Gasteiger partial charge on any atom is 0.416 e. The third-order valence-electron chi connectivity index (χ3n) is 5.24. The summed E-state index contributed by atoms with van der Waals surface area (Å²) in [5.74, 6) is 0.484. The number of carbonyl (C=O) groups is 1. The van der Waals surface area contributed by atoms with Crippen molar-refractivity contribution in [2.45, 2.75) is 26.6 Å². The fraction of sp³-hybridized carbons (Fsp3) is 0.429. The number of furan rings is 1. The standard InChI is InChI=1S/C21H23F3N4O2/c1-14-15(2)30-20(18(14)11-25)26-19(29)13-28-8-6-27(7-9-28)12-16-4-3-5-17(10-16)21(22,23)24/h3-5,10H,6-9,12-13H2,1-2H3,(H,26,29). The van der Waals surface area contributed by atoms with Crippen LogP contribution in [0.3, 0.4) is 0 Å². The molecule has 0 atom stereocenters. The average molecular weight is 420 g/mol. The van der Waals surface area contributed by atoms with Gasteiger partial charge in [-0.2, -0.15) is 18.4 Å². The fourth-order valence-electron chi connectivity index (χ4n) is 3.43. The molecular formula is C21H23F3N4O2. The van der Waals surface area contributed by atoms with Crippen molar-refractivity contribution < 1.29 is 22.4 Å². The van der Waals surface area contributed by atoms with E-state index in [4.69, 9.17) is 4.42 Å². The van der Waals surface area contributed by atoms with E-state index in [1.165, 1.54) is 12.1 Å². The molecule has 0 spiro atoms. The number of carbonyl (C=O) groups excluding carboxylic acids is 1. The molecular weight excluding hydrogens is 397 g/mol. The van der Waals surface area contributed by atoms with E-state index < -0.39 is 11.7 Å². The molecule has 0 bridgehead atoms. The lowest BCUT2D eigenvalue weighted by molar-refractivity contribution is -0.137. The number of halogens is 3. The Morgan fingerprint density at radius 3 is 2.50 bits per heavy atom. The molecule has 1 aromatic heterocycles. The number of anilines is 1. The average Bonchev–Trinajstić information content (AvgIpc) is 2.95. The van der Waals surface area contributed by atoms with Crippen LogP contribution in [-0.2, 0) is 17.5 Å². The summed E-state index contributed by atoms with van der Waals surface area (Å²) in [5, 5.41) is 11.9. The minimum absolute atomic E-state index is 0.154. The molecule has 0 saturated carbocycles. The third kappa shape index (κ3) is 5.20. The number of nitrogens with one attached hydrogen (secondary N) is 1. The lowest BCUT2D eigenvalue weighted by Gasteiger charge is -2.34. The molecule has 1 fully saturated rings. The quantitative estimate of drug-likeness (QED) is 0.801. The molecule has 2 heterocycles. The summed E-state index contributed by atoms with van der Waals surface area (Å²) in [7, 11) is 0. The molecule has 0 aliphatic carbocycles. The van der Waals surface area contributed by atoms with Crippen LogP contribution in [0.2, 0.25) is 0 Å². The Balaban J connectivity index is 1.50. The van der Waals surface area contributed by atoms with Crippen molar-refractivity contribution in [1.29, 1.82) is 5.26 Å². The van der Waals surface area contributed by atoms with Gasteiger partial charge in [-0.3, -0.25) is 19.9 Å². The summed E-state index contributed by atoms with van der Waals surface area (Å²) in [5.41, 5.74) is 1.00. The van der Waals surface area contributed by atoms with E-state index in [0.717, 1.165) is 6.07 Å². The van der Waals surface area contributed by atoms with E-state index in [9.17, 15) is 23.2 Å². The summed E-state index contributed by atoms with van der Waals surface area (Å²) in [4.78, 5) is 16.4. The summed E-state index contributed by atoms with van der Waals surface area (Å²) in [6.45, 7) is 6.60. The molecule has 6 nitrogen and oxygen atoms in total. The van der Waals surface area contributed by atoms with Gasteiger partial charge in [-0.1, -0.05) is 18.2 Å². The number of benzene rings is 1. The molecule has 160 valence electrons. The number of alkyl halides is 3. The monoisotopic (exact) mass is 420 g/mol. The maximum atomic E-state index is 12.9. The largest absolute Gasteiger partial charge is 0.444 e. The summed E-state index contributed by atoms with van der Waals surface area (Å²) >= 11 is 0. The first-order valence-corrected chi connectivity index (χ1v) is 9.58. The number of hydrogen-bond acceptors (Lipinski definition) is 5. The number of nitriles is 1. The molecule has 1 aliphatic rings. The SMILES string of the molecule is Cc1oc(NC(=O)CN2CCN(Cc3cccc(C(F)(F)F)c3)CC2)c(C#N)c1C. The van der Waals surface area contributed by atoms with Crippen LogP contribution in [0.4, 0.5) is 19.1 Å². The molecule has 1 aromatic carbocycles.